The van der Waals surface area contributed by atoms with Gasteiger partial charge in [-0.15, -0.1) is 0 Å². The maximum atomic E-state index is 2.63. The summed E-state index contributed by atoms with van der Waals surface area (Å²) < 4.78 is 0. The van der Waals surface area contributed by atoms with Crippen molar-refractivity contribution in [3.8, 4) is 0 Å². The molecule has 2 heteroatoms. The predicted octanol–water partition coefficient (Wildman–Crippen LogP) is 0.888. The highest BCUT2D eigenvalue weighted by Gasteiger charge is 2.38. The van der Waals surface area contributed by atoms with E-state index in [0.29, 0.717) is 0 Å². The van der Waals surface area contributed by atoms with Crippen molar-refractivity contribution >= 4 is 0 Å². The number of rotatable bonds is 1. The molecular formula is C10H20N2. The van der Waals surface area contributed by atoms with Crippen molar-refractivity contribution in [3.63, 3.8) is 0 Å². The molecule has 1 unspecified atom stereocenters. The van der Waals surface area contributed by atoms with Gasteiger partial charge in [0.2, 0.25) is 0 Å². The van der Waals surface area contributed by atoms with Crippen LogP contribution < -0.4 is 0 Å². The van der Waals surface area contributed by atoms with Crippen molar-refractivity contribution in [2.24, 2.45) is 11.8 Å². The van der Waals surface area contributed by atoms with E-state index in [1.165, 1.54) is 26.2 Å². The number of nitrogens with zero attached hydrogens (tertiary/aromatic N) is 2. The molecule has 0 bridgehead atoms. The fourth-order valence-corrected chi connectivity index (χ4v) is 2.69. The molecule has 2 rings (SSSR count). The second-order valence-corrected chi connectivity index (χ2v) is 4.79. The number of hydrogen-bond donors (Lipinski definition) is 0. The monoisotopic (exact) mass is 168 g/mol. The minimum atomic E-state index is 0.751. The van der Waals surface area contributed by atoms with Crippen molar-refractivity contribution in [3.05, 3.63) is 0 Å². The van der Waals surface area contributed by atoms with Crippen LogP contribution in [0.15, 0.2) is 0 Å². The Hall–Kier alpha value is -0.0800. The molecule has 0 saturated carbocycles. The maximum Gasteiger partial charge on any atom is 0.00388 e. The molecule has 2 aliphatic heterocycles. The Morgan fingerprint density at radius 1 is 1.00 bits per heavy atom. The second kappa shape index (κ2) is 3.00. The standard InChI is InChI=1S/C10H20N2/c1-8(2)12-6-9-4-11(3)5-10(9)7-12/h8-10H,4-7H2,1-3H3/t9-,10?/m1/s1. The molecular weight excluding hydrogens is 148 g/mol. The topological polar surface area (TPSA) is 6.48 Å². The van der Waals surface area contributed by atoms with E-state index < -0.39 is 0 Å². The summed E-state index contributed by atoms with van der Waals surface area (Å²) >= 11 is 0. The number of fused-ring (bicyclic) bond motifs is 1. The molecule has 0 aromatic carbocycles. The van der Waals surface area contributed by atoms with E-state index in [4.69, 9.17) is 0 Å². The van der Waals surface area contributed by atoms with Gasteiger partial charge in [0.1, 0.15) is 0 Å². The summed E-state index contributed by atoms with van der Waals surface area (Å²) in [5.74, 6) is 1.94. The van der Waals surface area contributed by atoms with Gasteiger partial charge in [-0.3, -0.25) is 0 Å². The van der Waals surface area contributed by atoms with E-state index in [1.54, 1.807) is 0 Å². The zero-order valence-electron chi connectivity index (χ0n) is 8.45. The van der Waals surface area contributed by atoms with E-state index in [-0.39, 0.29) is 0 Å². The van der Waals surface area contributed by atoms with E-state index in [2.05, 4.69) is 30.7 Å². The lowest BCUT2D eigenvalue weighted by molar-refractivity contribution is 0.235. The van der Waals surface area contributed by atoms with Crippen LogP contribution >= 0.6 is 0 Å². The summed E-state index contributed by atoms with van der Waals surface area (Å²) in [6.45, 7) is 9.96. The second-order valence-electron chi connectivity index (χ2n) is 4.79. The summed E-state index contributed by atoms with van der Waals surface area (Å²) in [4.78, 5) is 5.11. The minimum Gasteiger partial charge on any atom is -0.306 e. The average Bonchev–Trinajstić information content (AvgIpc) is 2.42. The summed E-state index contributed by atoms with van der Waals surface area (Å²) in [6, 6.07) is 0.751. The van der Waals surface area contributed by atoms with Gasteiger partial charge in [0, 0.05) is 32.2 Å². The molecule has 0 spiro atoms. The molecule has 2 fully saturated rings. The molecule has 2 aliphatic rings. The summed E-state index contributed by atoms with van der Waals surface area (Å²) in [7, 11) is 2.25. The number of hydrogen-bond acceptors (Lipinski definition) is 2. The molecule has 0 aromatic rings. The average molecular weight is 168 g/mol. The third-order valence-corrected chi connectivity index (χ3v) is 3.43. The summed E-state index contributed by atoms with van der Waals surface area (Å²) in [5, 5.41) is 0. The Morgan fingerprint density at radius 2 is 1.50 bits per heavy atom. The first-order valence-corrected chi connectivity index (χ1v) is 5.09. The quantitative estimate of drug-likeness (QED) is 0.573. The third kappa shape index (κ3) is 1.38. The molecule has 2 heterocycles. The van der Waals surface area contributed by atoms with Crippen molar-refractivity contribution in [1.29, 1.82) is 0 Å². The van der Waals surface area contributed by atoms with Crippen LogP contribution in [0.4, 0.5) is 0 Å². The van der Waals surface area contributed by atoms with Crippen LogP contribution in [0.25, 0.3) is 0 Å². The Bertz CT molecular complexity index is 153. The normalized spacial score (nSPS) is 38.0. The third-order valence-electron chi connectivity index (χ3n) is 3.43. The smallest absolute Gasteiger partial charge is 0.00388 e. The van der Waals surface area contributed by atoms with Gasteiger partial charge in [-0.2, -0.15) is 0 Å². The van der Waals surface area contributed by atoms with Crippen LogP contribution in [0, 0.1) is 11.8 Å². The fourth-order valence-electron chi connectivity index (χ4n) is 2.69. The largest absolute Gasteiger partial charge is 0.306 e. The SMILES string of the molecule is CC(C)N1CC2CN(C)C[C@@H]2C1. The van der Waals surface area contributed by atoms with Gasteiger partial charge in [0.25, 0.3) is 0 Å². The Balaban J connectivity index is 1.93. The van der Waals surface area contributed by atoms with Crippen molar-refractivity contribution in [2.75, 3.05) is 33.2 Å². The lowest BCUT2D eigenvalue weighted by Crippen LogP contribution is -2.32. The summed E-state index contributed by atoms with van der Waals surface area (Å²) in [5.41, 5.74) is 0. The molecule has 0 radical (unpaired) electrons. The molecule has 0 aromatic heterocycles. The van der Waals surface area contributed by atoms with Gasteiger partial charge in [-0.1, -0.05) is 0 Å². The van der Waals surface area contributed by atoms with E-state index in [1.807, 2.05) is 0 Å². The van der Waals surface area contributed by atoms with Crippen molar-refractivity contribution < 1.29 is 0 Å². The minimum absolute atomic E-state index is 0.751. The molecule has 12 heavy (non-hydrogen) atoms. The highest BCUT2D eigenvalue weighted by atomic mass is 15.2. The Morgan fingerprint density at radius 3 is 1.92 bits per heavy atom. The lowest BCUT2D eigenvalue weighted by atomic mass is 10.0. The molecule has 2 nitrogen and oxygen atoms in total. The zero-order chi connectivity index (χ0) is 8.72. The van der Waals surface area contributed by atoms with Gasteiger partial charge in [-0.05, 0) is 32.7 Å². The van der Waals surface area contributed by atoms with Gasteiger partial charge < -0.3 is 9.80 Å². The van der Waals surface area contributed by atoms with Gasteiger partial charge in [-0.25, -0.2) is 0 Å². The molecule has 0 aliphatic carbocycles. The highest BCUT2D eigenvalue weighted by molar-refractivity contribution is 4.92. The number of likely N-dealkylation sites (tertiary alicyclic amines) is 2. The fraction of sp³-hybridized carbons (Fsp3) is 1.00. The first kappa shape index (κ1) is 8.52. The highest BCUT2D eigenvalue weighted by Crippen LogP contribution is 2.30. The summed E-state index contributed by atoms with van der Waals surface area (Å²) in [6.07, 6.45) is 0. The van der Waals surface area contributed by atoms with E-state index >= 15 is 0 Å². The molecule has 70 valence electrons. The van der Waals surface area contributed by atoms with Crippen LogP contribution in [0.2, 0.25) is 0 Å². The van der Waals surface area contributed by atoms with Crippen LogP contribution in [-0.4, -0.2) is 49.1 Å². The van der Waals surface area contributed by atoms with Crippen molar-refractivity contribution in [1.82, 2.24) is 9.80 Å². The molecule has 2 saturated heterocycles. The molecule has 2 atom stereocenters. The lowest BCUT2D eigenvalue weighted by Gasteiger charge is -2.22. The maximum absolute atomic E-state index is 2.63. The van der Waals surface area contributed by atoms with Gasteiger partial charge in [0.15, 0.2) is 0 Å². The zero-order valence-corrected chi connectivity index (χ0v) is 8.45. The van der Waals surface area contributed by atoms with E-state index in [0.717, 1.165) is 17.9 Å². The first-order valence-electron chi connectivity index (χ1n) is 5.09. The Labute approximate surface area is 75.5 Å². The van der Waals surface area contributed by atoms with Gasteiger partial charge in [0.05, 0.1) is 0 Å². The van der Waals surface area contributed by atoms with Crippen LogP contribution in [0.5, 0.6) is 0 Å². The van der Waals surface area contributed by atoms with Crippen LogP contribution in [0.3, 0.4) is 0 Å². The molecule has 0 amide bonds. The first-order chi connectivity index (χ1) is 5.66. The van der Waals surface area contributed by atoms with Crippen LogP contribution in [0.1, 0.15) is 13.8 Å². The predicted molar refractivity (Wildman–Crippen MR) is 51.2 cm³/mol. The van der Waals surface area contributed by atoms with Crippen molar-refractivity contribution in [2.45, 2.75) is 19.9 Å². The molecule has 0 N–H and O–H groups in total. The Kier molecular flexibility index (Phi) is 2.13. The van der Waals surface area contributed by atoms with Gasteiger partial charge >= 0.3 is 0 Å². The van der Waals surface area contributed by atoms with E-state index in [9.17, 15) is 0 Å². The van der Waals surface area contributed by atoms with Crippen LogP contribution in [-0.2, 0) is 0 Å².